The fraction of sp³-hybridized carbons (Fsp3) is 0.800. The zero-order valence-corrected chi connectivity index (χ0v) is 17.3. The molecule has 148 valence electrons. The van der Waals surface area contributed by atoms with Crippen molar-refractivity contribution in [3.8, 4) is 0 Å². The number of rotatable bonds is 6. The van der Waals surface area contributed by atoms with E-state index in [1.54, 1.807) is 0 Å². The highest BCUT2D eigenvalue weighted by molar-refractivity contribution is 5.79. The van der Waals surface area contributed by atoms with Crippen molar-refractivity contribution < 1.29 is 9.26 Å². The van der Waals surface area contributed by atoms with Crippen LogP contribution in [0.4, 0.5) is 0 Å². The molecule has 0 amide bonds. The summed E-state index contributed by atoms with van der Waals surface area (Å²) in [5.41, 5.74) is 1.12. The quantitative estimate of drug-likeness (QED) is 0.595. The Morgan fingerprint density at radius 1 is 1.35 bits per heavy atom. The van der Waals surface area contributed by atoms with E-state index >= 15 is 0 Å². The molecule has 1 aromatic heterocycles. The zero-order chi connectivity index (χ0) is 19.2. The molecule has 0 aromatic carbocycles. The molecule has 0 aliphatic carbocycles. The van der Waals surface area contributed by atoms with Gasteiger partial charge in [-0.05, 0) is 31.1 Å². The van der Waals surface area contributed by atoms with Crippen LogP contribution in [0.25, 0.3) is 0 Å². The van der Waals surface area contributed by atoms with Gasteiger partial charge in [-0.25, -0.2) is 4.99 Å². The predicted molar refractivity (Wildman–Crippen MR) is 105 cm³/mol. The van der Waals surface area contributed by atoms with Crippen molar-refractivity contribution in [2.75, 3.05) is 19.7 Å². The van der Waals surface area contributed by atoms with Gasteiger partial charge in [0.1, 0.15) is 6.54 Å². The topological polar surface area (TPSA) is 71.7 Å². The fourth-order valence-corrected chi connectivity index (χ4v) is 3.41. The van der Waals surface area contributed by atoms with Gasteiger partial charge in [-0.15, -0.1) is 0 Å². The minimum Gasteiger partial charge on any atom is -0.377 e. The number of hydrogen-bond acceptors (Lipinski definition) is 4. The highest BCUT2D eigenvalue weighted by Crippen LogP contribution is 2.33. The van der Waals surface area contributed by atoms with Gasteiger partial charge in [0.15, 0.2) is 11.7 Å². The van der Waals surface area contributed by atoms with Crippen LogP contribution in [0.15, 0.2) is 15.6 Å². The predicted octanol–water partition coefficient (Wildman–Crippen LogP) is 3.69. The number of ether oxygens (including phenoxy) is 1. The van der Waals surface area contributed by atoms with E-state index in [1.807, 2.05) is 6.07 Å². The van der Waals surface area contributed by atoms with Crippen LogP contribution in [0.5, 0.6) is 0 Å². The molecule has 0 radical (unpaired) electrons. The first-order valence-electron chi connectivity index (χ1n) is 9.90. The van der Waals surface area contributed by atoms with Gasteiger partial charge in [0.2, 0.25) is 0 Å². The van der Waals surface area contributed by atoms with E-state index in [4.69, 9.17) is 9.26 Å². The number of guanidine groups is 1. The van der Waals surface area contributed by atoms with E-state index < -0.39 is 0 Å². The average molecular weight is 365 g/mol. The van der Waals surface area contributed by atoms with Gasteiger partial charge in [0, 0.05) is 31.7 Å². The summed E-state index contributed by atoms with van der Waals surface area (Å²) in [7, 11) is 0. The zero-order valence-electron chi connectivity index (χ0n) is 17.3. The lowest BCUT2D eigenvalue weighted by Gasteiger charge is -2.40. The van der Waals surface area contributed by atoms with Crippen LogP contribution in [0.1, 0.15) is 71.8 Å². The van der Waals surface area contributed by atoms with Crippen molar-refractivity contribution in [1.82, 2.24) is 15.8 Å². The van der Waals surface area contributed by atoms with Crippen LogP contribution in [0, 0.1) is 11.3 Å². The van der Waals surface area contributed by atoms with Crippen molar-refractivity contribution in [3.05, 3.63) is 17.5 Å². The molecule has 1 saturated heterocycles. The smallest absolute Gasteiger partial charge is 0.191 e. The third-order valence-corrected chi connectivity index (χ3v) is 4.74. The third kappa shape index (κ3) is 6.01. The van der Waals surface area contributed by atoms with Gasteiger partial charge in [0.05, 0.1) is 11.8 Å². The van der Waals surface area contributed by atoms with Crippen LogP contribution in [0.3, 0.4) is 0 Å². The SMILES string of the molecule is CCNC(=NCc1cc(C(C)C)no1)NCC1CCCOC1C(C)(C)C. The first-order valence-corrected chi connectivity index (χ1v) is 9.90. The second-order valence-corrected chi connectivity index (χ2v) is 8.51. The largest absolute Gasteiger partial charge is 0.377 e. The average Bonchev–Trinajstić information content (AvgIpc) is 3.06. The van der Waals surface area contributed by atoms with Gasteiger partial charge in [-0.1, -0.05) is 39.8 Å². The summed E-state index contributed by atoms with van der Waals surface area (Å²) in [6, 6.07) is 1.99. The monoisotopic (exact) mass is 364 g/mol. The normalized spacial score (nSPS) is 21.9. The molecule has 6 heteroatoms. The Hall–Kier alpha value is -1.56. The van der Waals surface area contributed by atoms with Gasteiger partial charge < -0.3 is 19.9 Å². The Kier molecular flexibility index (Phi) is 7.50. The van der Waals surface area contributed by atoms with Crippen LogP contribution in [-0.2, 0) is 11.3 Å². The van der Waals surface area contributed by atoms with Crippen molar-refractivity contribution in [3.63, 3.8) is 0 Å². The van der Waals surface area contributed by atoms with Crippen LogP contribution in [-0.4, -0.2) is 36.9 Å². The summed E-state index contributed by atoms with van der Waals surface area (Å²) < 4.78 is 11.5. The summed E-state index contributed by atoms with van der Waals surface area (Å²) in [5.74, 6) is 2.46. The summed E-state index contributed by atoms with van der Waals surface area (Å²) in [5, 5.41) is 10.9. The van der Waals surface area contributed by atoms with Crippen LogP contribution < -0.4 is 10.6 Å². The van der Waals surface area contributed by atoms with Gasteiger partial charge >= 0.3 is 0 Å². The number of nitrogens with one attached hydrogen (secondary N) is 2. The Morgan fingerprint density at radius 2 is 2.12 bits per heavy atom. The number of hydrogen-bond donors (Lipinski definition) is 2. The summed E-state index contributed by atoms with van der Waals surface area (Å²) in [6.45, 7) is 16.1. The highest BCUT2D eigenvalue weighted by atomic mass is 16.5. The summed E-state index contributed by atoms with van der Waals surface area (Å²) >= 11 is 0. The van der Waals surface area contributed by atoms with Crippen molar-refractivity contribution in [2.45, 2.75) is 73.0 Å². The maximum absolute atomic E-state index is 6.08. The summed E-state index contributed by atoms with van der Waals surface area (Å²) in [6.07, 6.45) is 2.59. The van der Waals surface area contributed by atoms with E-state index in [9.17, 15) is 0 Å². The van der Waals surface area contributed by atoms with Gasteiger partial charge in [-0.3, -0.25) is 0 Å². The van der Waals surface area contributed by atoms with Crippen LogP contribution >= 0.6 is 0 Å². The van der Waals surface area contributed by atoms with Crippen LogP contribution in [0.2, 0.25) is 0 Å². The molecule has 1 fully saturated rings. The second kappa shape index (κ2) is 9.40. The lowest BCUT2D eigenvalue weighted by Crippen LogP contribution is -2.47. The van der Waals surface area contributed by atoms with E-state index in [0.717, 1.165) is 43.5 Å². The first-order chi connectivity index (χ1) is 12.3. The molecule has 1 aliphatic heterocycles. The van der Waals surface area contributed by atoms with E-state index in [2.05, 4.69) is 62.3 Å². The molecule has 26 heavy (non-hydrogen) atoms. The Morgan fingerprint density at radius 3 is 2.73 bits per heavy atom. The van der Waals surface area contributed by atoms with Crippen molar-refractivity contribution in [1.29, 1.82) is 0 Å². The second-order valence-electron chi connectivity index (χ2n) is 8.51. The third-order valence-electron chi connectivity index (χ3n) is 4.74. The highest BCUT2D eigenvalue weighted by Gasteiger charge is 2.35. The van der Waals surface area contributed by atoms with Crippen molar-refractivity contribution in [2.24, 2.45) is 16.3 Å². The molecule has 2 rings (SSSR count). The molecule has 2 heterocycles. The maximum Gasteiger partial charge on any atom is 0.191 e. The molecular weight excluding hydrogens is 328 g/mol. The maximum atomic E-state index is 6.08. The molecule has 1 aliphatic rings. The molecule has 0 spiro atoms. The number of aromatic nitrogens is 1. The molecule has 2 atom stereocenters. The van der Waals surface area contributed by atoms with E-state index in [-0.39, 0.29) is 11.5 Å². The Labute approximate surface area is 158 Å². The summed E-state index contributed by atoms with van der Waals surface area (Å²) in [4.78, 5) is 4.65. The molecule has 2 N–H and O–H groups in total. The molecule has 1 aromatic rings. The lowest BCUT2D eigenvalue weighted by molar-refractivity contribution is -0.0835. The number of nitrogens with zero attached hydrogens (tertiary/aromatic N) is 2. The van der Waals surface area contributed by atoms with Gasteiger partial charge in [-0.2, -0.15) is 0 Å². The van der Waals surface area contributed by atoms with Gasteiger partial charge in [0.25, 0.3) is 0 Å². The molecular formula is C20H36N4O2. The number of aliphatic imine (C=N–C) groups is 1. The molecule has 0 bridgehead atoms. The Balaban J connectivity index is 1.95. The van der Waals surface area contributed by atoms with E-state index in [0.29, 0.717) is 18.4 Å². The minimum atomic E-state index is 0.148. The fourth-order valence-electron chi connectivity index (χ4n) is 3.41. The Bertz CT molecular complexity index is 575. The standard InChI is InChI=1S/C20H36N4O2/c1-7-21-19(23-13-16-11-17(14(2)3)24-26-16)22-12-15-9-8-10-25-18(15)20(4,5)6/h11,14-15,18H,7-10,12-13H2,1-6H3,(H2,21,22,23). The van der Waals surface area contributed by atoms with E-state index in [1.165, 1.54) is 6.42 Å². The molecule has 2 unspecified atom stereocenters. The minimum absolute atomic E-state index is 0.148. The molecule has 6 nitrogen and oxygen atoms in total. The molecule has 0 saturated carbocycles. The first kappa shape index (κ1) is 20.7. The lowest BCUT2D eigenvalue weighted by atomic mass is 9.78. The van der Waals surface area contributed by atoms with Crippen molar-refractivity contribution >= 4 is 5.96 Å².